The number of aromatic nitrogens is 1. The SMILES string of the molecule is CN(c1nc2ccccc2cc1CO)C1CCCCC1O. The first kappa shape index (κ1) is 14.3. The molecule has 1 aromatic heterocycles. The van der Waals surface area contributed by atoms with Crippen LogP contribution in [0.4, 0.5) is 5.82 Å². The number of likely N-dealkylation sites (N-methyl/N-ethyl adjacent to an activating group) is 1. The van der Waals surface area contributed by atoms with Gasteiger partial charge in [-0.05, 0) is 25.0 Å². The monoisotopic (exact) mass is 286 g/mol. The van der Waals surface area contributed by atoms with Crippen molar-refractivity contribution in [1.82, 2.24) is 4.98 Å². The van der Waals surface area contributed by atoms with Gasteiger partial charge in [0.05, 0.1) is 24.3 Å². The second-order valence-electron chi connectivity index (χ2n) is 5.85. The van der Waals surface area contributed by atoms with Crippen LogP contribution in [0, 0.1) is 0 Å². The van der Waals surface area contributed by atoms with Gasteiger partial charge in [0.25, 0.3) is 0 Å². The largest absolute Gasteiger partial charge is 0.392 e. The minimum Gasteiger partial charge on any atom is -0.392 e. The van der Waals surface area contributed by atoms with Gasteiger partial charge in [-0.25, -0.2) is 4.98 Å². The molecule has 1 aliphatic rings. The summed E-state index contributed by atoms with van der Waals surface area (Å²) in [5.41, 5.74) is 1.73. The van der Waals surface area contributed by atoms with Crippen molar-refractivity contribution in [2.24, 2.45) is 0 Å². The normalized spacial score (nSPS) is 22.4. The number of nitrogens with zero attached hydrogens (tertiary/aromatic N) is 2. The summed E-state index contributed by atoms with van der Waals surface area (Å²) in [7, 11) is 1.97. The average molecular weight is 286 g/mol. The van der Waals surface area contributed by atoms with Crippen molar-refractivity contribution in [2.45, 2.75) is 44.4 Å². The van der Waals surface area contributed by atoms with Crippen LogP contribution in [0.25, 0.3) is 10.9 Å². The number of pyridine rings is 1. The molecule has 21 heavy (non-hydrogen) atoms. The van der Waals surface area contributed by atoms with E-state index in [1.54, 1.807) is 0 Å². The molecule has 1 fully saturated rings. The Balaban J connectivity index is 2.01. The third-order valence-electron chi connectivity index (χ3n) is 4.48. The van der Waals surface area contributed by atoms with E-state index in [9.17, 15) is 10.2 Å². The number of para-hydroxylation sites is 1. The zero-order chi connectivity index (χ0) is 14.8. The fourth-order valence-electron chi connectivity index (χ4n) is 3.27. The maximum Gasteiger partial charge on any atom is 0.134 e. The maximum atomic E-state index is 10.2. The van der Waals surface area contributed by atoms with Gasteiger partial charge in [-0.2, -0.15) is 0 Å². The van der Waals surface area contributed by atoms with E-state index in [2.05, 4.69) is 0 Å². The minimum atomic E-state index is -0.316. The third kappa shape index (κ3) is 2.74. The van der Waals surface area contributed by atoms with E-state index in [1.165, 1.54) is 0 Å². The molecule has 1 aromatic carbocycles. The topological polar surface area (TPSA) is 56.6 Å². The van der Waals surface area contributed by atoms with E-state index in [1.807, 2.05) is 42.3 Å². The van der Waals surface area contributed by atoms with Crippen molar-refractivity contribution in [1.29, 1.82) is 0 Å². The zero-order valence-corrected chi connectivity index (χ0v) is 12.4. The first-order chi connectivity index (χ1) is 10.2. The maximum absolute atomic E-state index is 10.2. The van der Waals surface area contributed by atoms with Crippen molar-refractivity contribution in [3.05, 3.63) is 35.9 Å². The van der Waals surface area contributed by atoms with Crippen molar-refractivity contribution in [3.8, 4) is 0 Å². The van der Waals surface area contributed by atoms with Crippen LogP contribution in [0.2, 0.25) is 0 Å². The van der Waals surface area contributed by atoms with Crippen LogP contribution in [-0.2, 0) is 6.61 Å². The molecule has 2 atom stereocenters. The number of fused-ring (bicyclic) bond motifs is 1. The summed E-state index contributed by atoms with van der Waals surface area (Å²) >= 11 is 0. The molecule has 1 aliphatic carbocycles. The quantitative estimate of drug-likeness (QED) is 0.910. The Kier molecular flexibility index (Phi) is 4.08. The molecule has 1 heterocycles. The van der Waals surface area contributed by atoms with Crippen LogP contribution in [0.3, 0.4) is 0 Å². The molecule has 3 rings (SSSR count). The van der Waals surface area contributed by atoms with Crippen LogP contribution in [0.1, 0.15) is 31.2 Å². The van der Waals surface area contributed by atoms with Gasteiger partial charge in [-0.15, -0.1) is 0 Å². The smallest absolute Gasteiger partial charge is 0.134 e. The Hall–Kier alpha value is -1.65. The standard InChI is InChI=1S/C17H22N2O2/c1-19(15-8-4-5-9-16(15)21)17-13(11-20)10-12-6-2-3-7-14(12)18-17/h2-3,6-7,10,15-16,20-21H,4-5,8-9,11H2,1H3. The molecular formula is C17H22N2O2. The number of aliphatic hydroxyl groups excluding tert-OH is 2. The minimum absolute atomic E-state index is 0.0413. The molecule has 2 unspecified atom stereocenters. The lowest BCUT2D eigenvalue weighted by molar-refractivity contribution is 0.106. The number of benzene rings is 1. The van der Waals surface area contributed by atoms with E-state index in [0.717, 1.165) is 48.0 Å². The lowest BCUT2D eigenvalue weighted by Crippen LogP contribution is -2.44. The molecule has 0 spiro atoms. The lowest BCUT2D eigenvalue weighted by atomic mass is 9.91. The molecule has 112 valence electrons. The van der Waals surface area contributed by atoms with Gasteiger partial charge in [-0.3, -0.25) is 0 Å². The second-order valence-corrected chi connectivity index (χ2v) is 5.85. The highest BCUT2D eigenvalue weighted by Crippen LogP contribution is 2.29. The lowest BCUT2D eigenvalue weighted by Gasteiger charge is -2.36. The molecule has 0 radical (unpaired) electrons. The molecule has 4 heteroatoms. The summed E-state index contributed by atoms with van der Waals surface area (Å²) in [4.78, 5) is 6.75. The highest BCUT2D eigenvalue weighted by molar-refractivity contribution is 5.81. The predicted molar refractivity (Wildman–Crippen MR) is 84.3 cm³/mol. The Labute approximate surface area is 125 Å². The number of anilines is 1. The molecule has 0 amide bonds. The van der Waals surface area contributed by atoms with Crippen molar-refractivity contribution < 1.29 is 10.2 Å². The van der Waals surface area contributed by atoms with Gasteiger partial charge in [0.15, 0.2) is 0 Å². The highest BCUT2D eigenvalue weighted by Gasteiger charge is 2.28. The molecule has 4 nitrogen and oxygen atoms in total. The van der Waals surface area contributed by atoms with E-state index in [-0.39, 0.29) is 18.8 Å². The molecule has 0 aliphatic heterocycles. The molecule has 2 N–H and O–H groups in total. The van der Waals surface area contributed by atoms with E-state index in [4.69, 9.17) is 4.98 Å². The van der Waals surface area contributed by atoms with Crippen molar-refractivity contribution >= 4 is 16.7 Å². The fraction of sp³-hybridized carbons (Fsp3) is 0.471. The van der Waals surface area contributed by atoms with Crippen LogP contribution in [-0.4, -0.2) is 34.4 Å². The van der Waals surface area contributed by atoms with Crippen molar-refractivity contribution in [2.75, 3.05) is 11.9 Å². The summed E-state index contributed by atoms with van der Waals surface area (Å²) < 4.78 is 0. The summed E-state index contributed by atoms with van der Waals surface area (Å²) in [6.07, 6.45) is 3.72. The van der Waals surface area contributed by atoms with Gasteiger partial charge in [0.2, 0.25) is 0 Å². The average Bonchev–Trinajstić information content (AvgIpc) is 2.53. The van der Waals surface area contributed by atoms with Gasteiger partial charge >= 0.3 is 0 Å². The Morgan fingerprint density at radius 1 is 1.24 bits per heavy atom. The number of hydrogen-bond acceptors (Lipinski definition) is 4. The van der Waals surface area contributed by atoms with Crippen LogP contribution >= 0.6 is 0 Å². The van der Waals surface area contributed by atoms with Gasteiger partial charge in [0, 0.05) is 18.0 Å². The first-order valence-corrected chi connectivity index (χ1v) is 7.61. The fourth-order valence-corrected chi connectivity index (χ4v) is 3.27. The van der Waals surface area contributed by atoms with Gasteiger partial charge in [0.1, 0.15) is 5.82 Å². The predicted octanol–water partition coefficient (Wildman–Crippen LogP) is 2.47. The van der Waals surface area contributed by atoms with Crippen molar-refractivity contribution in [3.63, 3.8) is 0 Å². The molecular weight excluding hydrogens is 264 g/mol. The van der Waals surface area contributed by atoms with Crippen LogP contribution in [0.15, 0.2) is 30.3 Å². The number of aliphatic hydroxyl groups is 2. The molecule has 0 bridgehead atoms. The third-order valence-corrected chi connectivity index (χ3v) is 4.48. The number of rotatable bonds is 3. The van der Waals surface area contributed by atoms with E-state index >= 15 is 0 Å². The Bertz CT molecular complexity index is 629. The van der Waals surface area contributed by atoms with Crippen LogP contribution in [0.5, 0.6) is 0 Å². The van der Waals surface area contributed by atoms with E-state index < -0.39 is 0 Å². The summed E-state index contributed by atoms with van der Waals surface area (Å²) in [6, 6.07) is 9.99. The summed E-state index contributed by atoms with van der Waals surface area (Å²) in [5.74, 6) is 0.780. The molecule has 2 aromatic rings. The Morgan fingerprint density at radius 3 is 2.76 bits per heavy atom. The Morgan fingerprint density at radius 2 is 2.00 bits per heavy atom. The highest BCUT2D eigenvalue weighted by atomic mass is 16.3. The number of hydrogen-bond donors (Lipinski definition) is 2. The summed E-state index contributed by atoms with van der Waals surface area (Å²) in [6.45, 7) is -0.0413. The molecule has 0 saturated heterocycles. The summed E-state index contributed by atoms with van der Waals surface area (Å²) in [5, 5.41) is 20.9. The second kappa shape index (κ2) is 6.00. The van der Waals surface area contributed by atoms with Gasteiger partial charge < -0.3 is 15.1 Å². The van der Waals surface area contributed by atoms with E-state index in [0.29, 0.717) is 0 Å². The first-order valence-electron chi connectivity index (χ1n) is 7.61. The molecule has 1 saturated carbocycles. The van der Waals surface area contributed by atoms with Gasteiger partial charge in [-0.1, -0.05) is 31.0 Å². The zero-order valence-electron chi connectivity index (χ0n) is 12.4. The van der Waals surface area contributed by atoms with Crippen LogP contribution < -0.4 is 4.90 Å².